The molecular formula is C16H14N2O3S3. The van der Waals surface area contributed by atoms with Crippen molar-refractivity contribution in [3.8, 4) is 0 Å². The van der Waals surface area contributed by atoms with Crippen molar-refractivity contribution in [2.24, 2.45) is 0 Å². The minimum Gasteiger partial charge on any atom is -0.467 e. The van der Waals surface area contributed by atoms with Gasteiger partial charge in [0.25, 0.3) is 0 Å². The molecular weight excluding hydrogens is 364 g/mol. The Morgan fingerprint density at radius 2 is 2.17 bits per heavy atom. The molecule has 3 rings (SSSR count). The first kappa shape index (κ1) is 16.9. The normalized spacial score (nSPS) is 10.7. The van der Waals surface area contributed by atoms with Gasteiger partial charge in [0.1, 0.15) is 5.76 Å². The first-order chi connectivity index (χ1) is 11.7. The number of ketones is 1. The molecule has 0 aliphatic carbocycles. The second-order valence-corrected chi connectivity index (χ2v) is 7.86. The fourth-order valence-corrected chi connectivity index (χ4v) is 4.38. The van der Waals surface area contributed by atoms with E-state index in [0.29, 0.717) is 23.8 Å². The van der Waals surface area contributed by atoms with Crippen LogP contribution >= 0.6 is 34.4 Å². The molecule has 1 N–H and O–H groups in total. The molecule has 1 amide bonds. The van der Waals surface area contributed by atoms with Crippen molar-refractivity contribution in [3.63, 3.8) is 0 Å². The zero-order chi connectivity index (χ0) is 16.8. The molecule has 0 bridgehead atoms. The van der Waals surface area contributed by atoms with Gasteiger partial charge in [-0.2, -0.15) is 0 Å². The average molecular weight is 379 g/mol. The lowest BCUT2D eigenvalue weighted by Crippen LogP contribution is -2.24. The Kier molecular flexibility index (Phi) is 5.84. The van der Waals surface area contributed by atoms with Crippen LogP contribution in [0.4, 0.5) is 0 Å². The number of aromatic nitrogens is 1. The highest BCUT2D eigenvalue weighted by molar-refractivity contribution is 8.01. The molecule has 0 aromatic carbocycles. The van der Waals surface area contributed by atoms with E-state index in [1.54, 1.807) is 12.3 Å². The van der Waals surface area contributed by atoms with Crippen molar-refractivity contribution in [3.05, 3.63) is 57.6 Å². The van der Waals surface area contributed by atoms with Gasteiger partial charge in [-0.1, -0.05) is 17.8 Å². The summed E-state index contributed by atoms with van der Waals surface area (Å²) in [5, 5.41) is 6.53. The van der Waals surface area contributed by atoms with Gasteiger partial charge in [-0.3, -0.25) is 9.59 Å². The first-order valence-electron chi connectivity index (χ1n) is 7.13. The van der Waals surface area contributed by atoms with Crippen LogP contribution in [0.2, 0.25) is 0 Å². The lowest BCUT2D eigenvalue weighted by molar-refractivity contribution is -0.120. The third-order valence-electron chi connectivity index (χ3n) is 3.03. The summed E-state index contributed by atoms with van der Waals surface area (Å²) in [5.74, 6) is 1.06. The molecule has 3 aromatic heterocycles. The minimum atomic E-state index is -0.108. The van der Waals surface area contributed by atoms with Crippen LogP contribution in [0.15, 0.2) is 50.0 Å². The molecule has 3 aromatic rings. The number of carbonyl (C=O) groups excluding carboxylic acids is 2. The number of carbonyl (C=O) groups is 2. The molecule has 0 spiro atoms. The summed E-state index contributed by atoms with van der Waals surface area (Å²) in [6, 6.07) is 7.28. The maximum absolute atomic E-state index is 12.0. The maximum atomic E-state index is 12.0. The van der Waals surface area contributed by atoms with Crippen LogP contribution in [-0.2, 0) is 17.8 Å². The summed E-state index contributed by atoms with van der Waals surface area (Å²) in [4.78, 5) is 29.0. The number of rotatable bonds is 8. The Morgan fingerprint density at radius 3 is 2.92 bits per heavy atom. The van der Waals surface area contributed by atoms with Gasteiger partial charge >= 0.3 is 0 Å². The predicted molar refractivity (Wildman–Crippen MR) is 95.7 cm³/mol. The Bertz CT molecular complexity index is 795. The van der Waals surface area contributed by atoms with Gasteiger partial charge in [0.05, 0.1) is 35.6 Å². The van der Waals surface area contributed by atoms with Crippen LogP contribution in [0.3, 0.4) is 0 Å². The largest absolute Gasteiger partial charge is 0.467 e. The van der Waals surface area contributed by atoms with E-state index in [2.05, 4.69) is 10.3 Å². The number of nitrogens with one attached hydrogen (secondary N) is 1. The smallest absolute Gasteiger partial charge is 0.226 e. The van der Waals surface area contributed by atoms with E-state index >= 15 is 0 Å². The highest BCUT2D eigenvalue weighted by Gasteiger charge is 2.11. The van der Waals surface area contributed by atoms with E-state index in [-0.39, 0.29) is 18.1 Å². The fourth-order valence-electron chi connectivity index (χ4n) is 1.90. The molecule has 8 heteroatoms. The van der Waals surface area contributed by atoms with E-state index in [0.717, 1.165) is 9.22 Å². The summed E-state index contributed by atoms with van der Waals surface area (Å²) in [6.07, 6.45) is 1.79. The van der Waals surface area contributed by atoms with Crippen molar-refractivity contribution in [1.82, 2.24) is 10.3 Å². The summed E-state index contributed by atoms with van der Waals surface area (Å²) in [6.45, 7) is 0.368. The summed E-state index contributed by atoms with van der Waals surface area (Å²) < 4.78 is 5.96. The van der Waals surface area contributed by atoms with Gasteiger partial charge in [-0.05, 0) is 23.6 Å². The summed E-state index contributed by atoms with van der Waals surface area (Å²) in [7, 11) is 0. The van der Waals surface area contributed by atoms with Crippen LogP contribution in [0.5, 0.6) is 0 Å². The third-order valence-corrected chi connectivity index (χ3v) is 6.02. The number of thiazole rings is 1. The van der Waals surface area contributed by atoms with Crippen LogP contribution in [0.25, 0.3) is 0 Å². The SMILES string of the molecule is O=C(Cc1csc(SCC(=O)c2cccs2)n1)NCc1ccco1. The zero-order valence-electron chi connectivity index (χ0n) is 12.6. The molecule has 24 heavy (non-hydrogen) atoms. The third kappa shape index (κ3) is 4.80. The summed E-state index contributed by atoms with van der Waals surface area (Å²) in [5.41, 5.74) is 0.711. The molecule has 0 saturated carbocycles. The zero-order valence-corrected chi connectivity index (χ0v) is 15.0. The average Bonchev–Trinajstić information content (AvgIpc) is 3.32. The highest BCUT2D eigenvalue weighted by atomic mass is 32.2. The van der Waals surface area contributed by atoms with Crippen LogP contribution in [0, 0.1) is 0 Å². The Morgan fingerprint density at radius 1 is 1.25 bits per heavy atom. The second kappa shape index (κ2) is 8.27. The molecule has 0 aliphatic rings. The molecule has 0 unspecified atom stereocenters. The lowest BCUT2D eigenvalue weighted by atomic mass is 10.3. The van der Waals surface area contributed by atoms with E-state index in [1.165, 1.54) is 34.4 Å². The standard InChI is InChI=1S/C16H14N2O3S3/c19-13(14-4-2-6-22-14)10-24-16-18-11(9-23-16)7-15(20)17-8-12-3-1-5-21-12/h1-6,9H,7-8,10H2,(H,17,20). The fraction of sp³-hybridized carbons (Fsp3) is 0.188. The van der Waals surface area contributed by atoms with Crippen molar-refractivity contribution in [2.45, 2.75) is 17.3 Å². The number of Topliss-reactive ketones (excluding diaryl/α,β-unsaturated/α-hetero) is 1. The van der Waals surface area contributed by atoms with E-state index in [9.17, 15) is 9.59 Å². The molecule has 3 heterocycles. The number of nitrogens with zero attached hydrogens (tertiary/aromatic N) is 1. The monoisotopic (exact) mass is 378 g/mol. The van der Waals surface area contributed by atoms with Crippen LogP contribution in [0.1, 0.15) is 21.1 Å². The molecule has 0 radical (unpaired) electrons. The van der Waals surface area contributed by atoms with Crippen LogP contribution < -0.4 is 5.32 Å². The molecule has 0 aliphatic heterocycles. The molecule has 0 saturated heterocycles. The predicted octanol–water partition coefficient (Wildman–Crippen LogP) is 3.63. The maximum Gasteiger partial charge on any atom is 0.226 e. The summed E-state index contributed by atoms with van der Waals surface area (Å²) >= 11 is 4.30. The van der Waals surface area contributed by atoms with Crippen molar-refractivity contribution < 1.29 is 14.0 Å². The lowest BCUT2D eigenvalue weighted by Gasteiger charge is -2.01. The number of thiophene rings is 1. The van der Waals surface area contributed by atoms with Gasteiger partial charge in [0.15, 0.2) is 10.1 Å². The molecule has 0 fully saturated rings. The van der Waals surface area contributed by atoms with Gasteiger partial charge in [0.2, 0.25) is 5.91 Å². The Hall–Kier alpha value is -1.90. The van der Waals surface area contributed by atoms with Gasteiger partial charge in [0, 0.05) is 5.38 Å². The van der Waals surface area contributed by atoms with E-state index in [1.807, 2.05) is 29.0 Å². The molecule has 124 valence electrons. The topological polar surface area (TPSA) is 72.2 Å². The highest BCUT2D eigenvalue weighted by Crippen LogP contribution is 2.24. The van der Waals surface area contributed by atoms with Crippen LogP contribution in [-0.4, -0.2) is 22.4 Å². The van der Waals surface area contributed by atoms with E-state index in [4.69, 9.17) is 4.42 Å². The second-order valence-electron chi connectivity index (χ2n) is 4.83. The van der Waals surface area contributed by atoms with Gasteiger partial charge < -0.3 is 9.73 Å². The van der Waals surface area contributed by atoms with Gasteiger partial charge in [-0.15, -0.1) is 22.7 Å². The minimum absolute atomic E-state index is 0.0999. The number of thioether (sulfide) groups is 1. The first-order valence-corrected chi connectivity index (χ1v) is 9.88. The number of hydrogen-bond acceptors (Lipinski definition) is 7. The number of amides is 1. The molecule has 0 atom stereocenters. The Balaban J connectivity index is 1.44. The van der Waals surface area contributed by atoms with Gasteiger partial charge in [-0.25, -0.2) is 4.98 Å². The van der Waals surface area contributed by atoms with Crippen molar-refractivity contribution in [2.75, 3.05) is 5.75 Å². The Labute approximate surface area is 151 Å². The number of hydrogen-bond donors (Lipinski definition) is 1. The van der Waals surface area contributed by atoms with E-state index < -0.39 is 0 Å². The van der Waals surface area contributed by atoms with Crippen molar-refractivity contribution in [1.29, 1.82) is 0 Å². The van der Waals surface area contributed by atoms with Crippen molar-refractivity contribution >= 4 is 46.1 Å². The quantitative estimate of drug-likeness (QED) is 0.479. The molecule has 5 nitrogen and oxygen atoms in total. The number of furan rings is 1.